The lowest BCUT2D eigenvalue weighted by atomic mass is 10.1. The fourth-order valence-corrected chi connectivity index (χ4v) is 2.28. The second kappa shape index (κ2) is 4.12. The van der Waals surface area contributed by atoms with Crippen LogP contribution in [0.2, 0.25) is 0 Å². The number of nitrogens with one attached hydrogen (secondary N) is 1. The molecule has 0 radical (unpaired) electrons. The van der Waals surface area contributed by atoms with E-state index in [2.05, 4.69) is 17.1 Å². The summed E-state index contributed by atoms with van der Waals surface area (Å²) >= 11 is 0. The second-order valence-corrected chi connectivity index (χ2v) is 4.94. The van der Waals surface area contributed by atoms with Crippen LogP contribution in [-0.2, 0) is 0 Å². The Morgan fingerprint density at radius 1 is 1.00 bits per heavy atom. The first-order chi connectivity index (χ1) is 9.04. The highest BCUT2D eigenvalue weighted by Crippen LogP contribution is 2.28. The number of aromatic nitrogens is 1. The number of hydrogen-bond acceptors (Lipinski definition) is 1. The minimum atomic E-state index is -0.181. The topological polar surface area (TPSA) is 41.8 Å². The molecule has 19 heavy (non-hydrogen) atoms. The van der Waals surface area contributed by atoms with E-state index in [0.29, 0.717) is 5.56 Å². The van der Waals surface area contributed by atoms with Gasteiger partial charge in [-0.1, -0.05) is 0 Å². The van der Waals surface area contributed by atoms with E-state index in [9.17, 15) is 4.39 Å². The highest BCUT2D eigenvalue weighted by molar-refractivity contribution is 5.89. The molecule has 0 saturated heterocycles. The van der Waals surface area contributed by atoms with Crippen molar-refractivity contribution in [2.24, 2.45) is 0 Å². The van der Waals surface area contributed by atoms with Gasteiger partial charge in [-0.05, 0) is 66.9 Å². The Kier molecular flexibility index (Phi) is 2.56. The number of hydrogen-bond donors (Lipinski definition) is 2. The molecule has 0 bridgehead atoms. The van der Waals surface area contributed by atoms with Crippen LogP contribution in [0.4, 0.5) is 10.1 Å². The number of aromatic amines is 1. The lowest BCUT2D eigenvalue weighted by Crippen LogP contribution is -1.88. The van der Waals surface area contributed by atoms with Gasteiger partial charge in [0.15, 0.2) is 0 Å². The Balaban J connectivity index is 2.17. The monoisotopic (exact) mass is 254 g/mol. The molecule has 3 rings (SSSR count). The Labute approximate surface area is 111 Å². The van der Waals surface area contributed by atoms with Crippen molar-refractivity contribution in [3.8, 4) is 11.3 Å². The van der Waals surface area contributed by atoms with E-state index < -0.39 is 0 Å². The number of nitrogens with two attached hydrogens (primary N) is 1. The van der Waals surface area contributed by atoms with Gasteiger partial charge in [-0.15, -0.1) is 0 Å². The fourth-order valence-electron chi connectivity index (χ4n) is 2.28. The summed E-state index contributed by atoms with van der Waals surface area (Å²) in [4.78, 5) is 3.32. The molecule has 96 valence electrons. The molecule has 0 atom stereocenters. The summed E-state index contributed by atoms with van der Waals surface area (Å²) in [6.45, 7) is 3.76. The summed E-state index contributed by atoms with van der Waals surface area (Å²) < 4.78 is 13.3. The molecular weight excluding hydrogens is 239 g/mol. The van der Waals surface area contributed by atoms with Crippen LogP contribution in [0.5, 0.6) is 0 Å². The molecule has 0 spiro atoms. The van der Waals surface area contributed by atoms with Crippen LogP contribution in [-0.4, -0.2) is 4.98 Å². The number of fused-ring (bicyclic) bond motifs is 1. The molecule has 1 aromatic heterocycles. The first-order valence-electron chi connectivity index (χ1n) is 6.20. The van der Waals surface area contributed by atoms with Crippen molar-refractivity contribution in [1.82, 2.24) is 4.98 Å². The fraction of sp³-hybridized carbons (Fsp3) is 0.125. The van der Waals surface area contributed by atoms with Gasteiger partial charge < -0.3 is 10.7 Å². The van der Waals surface area contributed by atoms with Crippen LogP contribution in [0.25, 0.3) is 22.2 Å². The Morgan fingerprint density at radius 3 is 2.53 bits per heavy atom. The van der Waals surface area contributed by atoms with Gasteiger partial charge in [0.25, 0.3) is 0 Å². The molecule has 3 aromatic rings. The van der Waals surface area contributed by atoms with Crippen LogP contribution in [0, 0.1) is 19.7 Å². The van der Waals surface area contributed by atoms with Crippen LogP contribution >= 0.6 is 0 Å². The normalized spacial score (nSPS) is 11.1. The lowest BCUT2D eigenvalue weighted by molar-refractivity contribution is 0.619. The summed E-state index contributed by atoms with van der Waals surface area (Å²) in [5, 5.41) is 1.11. The molecule has 2 aromatic carbocycles. The average molecular weight is 254 g/mol. The molecular formula is C16H15FN2. The summed E-state index contributed by atoms with van der Waals surface area (Å²) in [7, 11) is 0. The van der Waals surface area contributed by atoms with Gasteiger partial charge in [0.2, 0.25) is 0 Å². The minimum absolute atomic E-state index is 0.181. The third-order valence-electron chi connectivity index (χ3n) is 3.48. The summed E-state index contributed by atoms with van der Waals surface area (Å²) in [6, 6.07) is 11.2. The van der Waals surface area contributed by atoms with Gasteiger partial charge in [-0.2, -0.15) is 0 Å². The standard InChI is InChI=1S/C16H15FN2/c1-9-5-11(3-4-13(9)17)15-7-12-6-10(2)14(18)8-16(12)19-15/h3-8,19H,18H2,1-2H3. The number of aryl methyl sites for hydroxylation is 2. The molecule has 0 fully saturated rings. The highest BCUT2D eigenvalue weighted by Gasteiger charge is 2.07. The molecule has 0 amide bonds. The number of halogens is 1. The van der Waals surface area contributed by atoms with E-state index in [0.717, 1.165) is 33.4 Å². The van der Waals surface area contributed by atoms with Crippen LogP contribution in [0.1, 0.15) is 11.1 Å². The zero-order valence-electron chi connectivity index (χ0n) is 10.9. The first kappa shape index (κ1) is 11.8. The van der Waals surface area contributed by atoms with Gasteiger partial charge in [0, 0.05) is 22.3 Å². The molecule has 3 N–H and O–H groups in total. The van der Waals surface area contributed by atoms with Crippen molar-refractivity contribution in [2.45, 2.75) is 13.8 Å². The van der Waals surface area contributed by atoms with Gasteiger partial charge in [0.1, 0.15) is 5.82 Å². The number of H-pyrrole nitrogens is 1. The van der Waals surface area contributed by atoms with Crippen molar-refractivity contribution in [3.63, 3.8) is 0 Å². The highest BCUT2D eigenvalue weighted by atomic mass is 19.1. The van der Waals surface area contributed by atoms with Crippen molar-refractivity contribution >= 4 is 16.6 Å². The zero-order valence-corrected chi connectivity index (χ0v) is 10.9. The van der Waals surface area contributed by atoms with Gasteiger partial charge in [0.05, 0.1) is 0 Å². The smallest absolute Gasteiger partial charge is 0.126 e. The van der Waals surface area contributed by atoms with E-state index >= 15 is 0 Å². The summed E-state index contributed by atoms with van der Waals surface area (Å²) in [5.74, 6) is -0.181. The molecule has 0 aliphatic heterocycles. The number of rotatable bonds is 1. The maximum Gasteiger partial charge on any atom is 0.126 e. The molecule has 1 heterocycles. The van der Waals surface area contributed by atoms with Gasteiger partial charge in [-0.3, -0.25) is 0 Å². The largest absolute Gasteiger partial charge is 0.398 e. The molecule has 3 heteroatoms. The number of benzene rings is 2. The van der Waals surface area contributed by atoms with Crippen LogP contribution < -0.4 is 5.73 Å². The molecule has 0 saturated carbocycles. The summed E-state index contributed by atoms with van der Waals surface area (Å²) in [6.07, 6.45) is 0. The molecule has 2 nitrogen and oxygen atoms in total. The lowest BCUT2D eigenvalue weighted by Gasteiger charge is -2.01. The van der Waals surface area contributed by atoms with Crippen molar-refractivity contribution in [3.05, 3.63) is 53.3 Å². The SMILES string of the molecule is Cc1cc2cc(-c3ccc(F)c(C)c3)[nH]c2cc1N. The maximum absolute atomic E-state index is 13.3. The first-order valence-corrected chi connectivity index (χ1v) is 6.20. The molecule has 0 unspecified atom stereocenters. The molecule has 0 aliphatic rings. The third-order valence-corrected chi connectivity index (χ3v) is 3.48. The maximum atomic E-state index is 13.3. The van der Waals surface area contributed by atoms with E-state index in [1.807, 2.05) is 19.1 Å². The van der Waals surface area contributed by atoms with Crippen LogP contribution in [0.15, 0.2) is 36.4 Å². The predicted octanol–water partition coefficient (Wildman–Crippen LogP) is 4.17. The van der Waals surface area contributed by atoms with E-state index in [4.69, 9.17) is 5.73 Å². The summed E-state index contributed by atoms with van der Waals surface area (Å²) in [5.41, 5.74) is 11.3. The number of nitrogen functional groups attached to an aromatic ring is 1. The van der Waals surface area contributed by atoms with Crippen molar-refractivity contribution in [1.29, 1.82) is 0 Å². The van der Waals surface area contributed by atoms with E-state index in [-0.39, 0.29) is 5.82 Å². The Bertz CT molecular complexity index is 733. The van der Waals surface area contributed by atoms with Gasteiger partial charge >= 0.3 is 0 Å². The third kappa shape index (κ3) is 1.97. The molecule has 0 aliphatic carbocycles. The van der Waals surface area contributed by atoms with E-state index in [1.54, 1.807) is 13.0 Å². The second-order valence-electron chi connectivity index (χ2n) is 4.94. The average Bonchev–Trinajstić information content (AvgIpc) is 2.76. The van der Waals surface area contributed by atoms with Crippen LogP contribution in [0.3, 0.4) is 0 Å². The van der Waals surface area contributed by atoms with Crippen molar-refractivity contribution < 1.29 is 4.39 Å². The minimum Gasteiger partial charge on any atom is -0.398 e. The quantitative estimate of drug-likeness (QED) is 0.629. The Hall–Kier alpha value is -2.29. The van der Waals surface area contributed by atoms with Crippen molar-refractivity contribution in [2.75, 3.05) is 5.73 Å². The van der Waals surface area contributed by atoms with Gasteiger partial charge in [-0.25, -0.2) is 4.39 Å². The van der Waals surface area contributed by atoms with E-state index in [1.165, 1.54) is 6.07 Å². The number of anilines is 1. The predicted molar refractivity (Wildman–Crippen MR) is 77.6 cm³/mol. The zero-order chi connectivity index (χ0) is 13.6. The Morgan fingerprint density at radius 2 is 1.79 bits per heavy atom.